The average Bonchev–Trinajstić information content (AvgIpc) is 2.49. The second-order valence-corrected chi connectivity index (χ2v) is 7.42. The van der Waals surface area contributed by atoms with Gasteiger partial charge >= 0.3 is 5.97 Å². The van der Waals surface area contributed by atoms with Crippen molar-refractivity contribution in [2.75, 3.05) is 0 Å². The SMILES string of the molecule is CC=C(C)[C@@H]1C(C)=C[C@@H]2C[C@H](O)C[C@H](C)[C@H]2[C@@H]1/C=C/C=C/C(=O)O. The Hall–Kier alpha value is -1.61. The van der Waals surface area contributed by atoms with Crippen molar-refractivity contribution in [3.8, 4) is 0 Å². The molecule has 0 bridgehead atoms. The van der Waals surface area contributed by atoms with Crippen molar-refractivity contribution in [1.29, 1.82) is 0 Å². The van der Waals surface area contributed by atoms with Gasteiger partial charge in [0.2, 0.25) is 0 Å². The Labute approximate surface area is 145 Å². The third-order valence-electron chi connectivity index (χ3n) is 5.77. The van der Waals surface area contributed by atoms with Gasteiger partial charge in [0.1, 0.15) is 0 Å². The van der Waals surface area contributed by atoms with Gasteiger partial charge in [-0.3, -0.25) is 0 Å². The van der Waals surface area contributed by atoms with Crippen LogP contribution in [0, 0.1) is 29.6 Å². The molecule has 6 atom stereocenters. The van der Waals surface area contributed by atoms with Gasteiger partial charge in [-0.1, -0.05) is 48.5 Å². The number of aliphatic hydroxyl groups excluding tert-OH is 1. The molecule has 0 amide bonds. The second kappa shape index (κ2) is 7.98. The Morgan fingerprint density at radius 1 is 1.29 bits per heavy atom. The van der Waals surface area contributed by atoms with Gasteiger partial charge in [-0.15, -0.1) is 0 Å². The van der Waals surface area contributed by atoms with Crippen LogP contribution >= 0.6 is 0 Å². The maximum Gasteiger partial charge on any atom is 0.328 e. The third kappa shape index (κ3) is 4.07. The van der Waals surface area contributed by atoms with Gasteiger partial charge in [0.25, 0.3) is 0 Å². The highest BCUT2D eigenvalue weighted by Crippen LogP contribution is 2.50. The van der Waals surface area contributed by atoms with E-state index in [-0.39, 0.29) is 6.10 Å². The lowest BCUT2D eigenvalue weighted by Gasteiger charge is -2.48. The first-order valence-corrected chi connectivity index (χ1v) is 8.92. The van der Waals surface area contributed by atoms with Gasteiger partial charge in [0, 0.05) is 12.0 Å². The van der Waals surface area contributed by atoms with Crippen LogP contribution < -0.4 is 0 Å². The highest BCUT2D eigenvalue weighted by Gasteiger charge is 2.44. The quantitative estimate of drug-likeness (QED) is 0.457. The first kappa shape index (κ1) is 18.7. The van der Waals surface area contributed by atoms with Crippen LogP contribution in [0.15, 0.2) is 47.6 Å². The molecule has 3 heteroatoms. The molecule has 2 aliphatic carbocycles. The molecule has 0 aromatic rings. The summed E-state index contributed by atoms with van der Waals surface area (Å²) in [4.78, 5) is 10.7. The first-order valence-electron chi connectivity index (χ1n) is 8.92. The summed E-state index contributed by atoms with van der Waals surface area (Å²) in [5, 5.41) is 18.9. The van der Waals surface area contributed by atoms with Crippen LogP contribution in [0.25, 0.3) is 0 Å². The molecule has 0 unspecified atom stereocenters. The number of hydrogen-bond donors (Lipinski definition) is 2. The zero-order chi connectivity index (χ0) is 17.9. The fraction of sp³-hybridized carbons (Fsp3) is 0.571. The number of fused-ring (bicyclic) bond motifs is 1. The lowest BCUT2D eigenvalue weighted by molar-refractivity contribution is -0.131. The number of aliphatic carboxylic acids is 1. The predicted octanol–water partition coefficient (Wildman–Crippen LogP) is 4.37. The molecule has 3 nitrogen and oxygen atoms in total. The van der Waals surface area contributed by atoms with Crippen molar-refractivity contribution >= 4 is 5.97 Å². The van der Waals surface area contributed by atoms with Gasteiger partial charge in [-0.05, 0) is 57.3 Å². The van der Waals surface area contributed by atoms with Crippen LogP contribution in [0.4, 0.5) is 0 Å². The van der Waals surface area contributed by atoms with E-state index in [1.807, 2.05) is 6.08 Å². The van der Waals surface area contributed by atoms with E-state index in [0.717, 1.165) is 12.8 Å². The van der Waals surface area contributed by atoms with Crippen molar-refractivity contribution < 1.29 is 15.0 Å². The molecule has 0 aliphatic heterocycles. The number of carbonyl (C=O) groups is 1. The van der Waals surface area contributed by atoms with Gasteiger partial charge in [-0.2, -0.15) is 0 Å². The van der Waals surface area contributed by atoms with Crippen molar-refractivity contribution in [2.45, 2.75) is 46.6 Å². The number of carboxylic acids is 1. The zero-order valence-electron chi connectivity index (χ0n) is 15.1. The summed E-state index contributed by atoms with van der Waals surface area (Å²) in [5.41, 5.74) is 2.72. The van der Waals surface area contributed by atoms with E-state index in [2.05, 4.69) is 45.9 Å². The molecule has 2 N–H and O–H groups in total. The van der Waals surface area contributed by atoms with Gasteiger partial charge in [-0.25, -0.2) is 4.79 Å². The largest absolute Gasteiger partial charge is 0.478 e. The van der Waals surface area contributed by atoms with Crippen molar-refractivity contribution in [2.24, 2.45) is 29.6 Å². The summed E-state index contributed by atoms with van der Waals surface area (Å²) in [6.45, 7) is 8.68. The summed E-state index contributed by atoms with van der Waals surface area (Å²) in [7, 11) is 0. The molecule has 132 valence electrons. The van der Waals surface area contributed by atoms with Crippen molar-refractivity contribution in [1.82, 2.24) is 0 Å². The molecule has 1 saturated carbocycles. The molecule has 2 rings (SSSR count). The van der Waals surface area contributed by atoms with Crippen molar-refractivity contribution in [3.63, 3.8) is 0 Å². The highest BCUT2D eigenvalue weighted by atomic mass is 16.4. The van der Waals surface area contributed by atoms with Crippen molar-refractivity contribution in [3.05, 3.63) is 47.6 Å². The van der Waals surface area contributed by atoms with Gasteiger partial charge in [0.05, 0.1) is 6.10 Å². The topological polar surface area (TPSA) is 57.5 Å². The summed E-state index contributed by atoms with van der Waals surface area (Å²) in [5.74, 6) is 1.13. The maximum atomic E-state index is 10.7. The molecule has 2 aliphatic rings. The summed E-state index contributed by atoms with van der Waals surface area (Å²) in [6.07, 6.45) is 12.9. The number of hydrogen-bond acceptors (Lipinski definition) is 2. The van der Waals surface area contributed by atoms with E-state index in [1.54, 1.807) is 6.08 Å². The normalized spacial score (nSPS) is 37.5. The van der Waals surface area contributed by atoms with E-state index in [9.17, 15) is 9.90 Å². The van der Waals surface area contributed by atoms with Crippen LogP contribution in [-0.2, 0) is 4.79 Å². The molecule has 0 heterocycles. The summed E-state index contributed by atoms with van der Waals surface area (Å²) >= 11 is 0. The number of carboxylic acid groups (broad SMARTS) is 1. The fourth-order valence-corrected chi connectivity index (χ4v) is 4.80. The Kier molecular flexibility index (Phi) is 6.22. The molecule has 0 radical (unpaired) electrons. The van der Waals surface area contributed by atoms with E-state index < -0.39 is 5.97 Å². The van der Waals surface area contributed by atoms with Gasteiger partial charge in [0.15, 0.2) is 0 Å². The van der Waals surface area contributed by atoms with E-state index in [4.69, 9.17) is 5.11 Å². The van der Waals surface area contributed by atoms with E-state index in [0.29, 0.717) is 29.6 Å². The molecule has 0 saturated heterocycles. The fourth-order valence-electron chi connectivity index (χ4n) is 4.80. The second-order valence-electron chi connectivity index (χ2n) is 7.42. The number of rotatable bonds is 4. The third-order valence-corrected chi connectivity index (χ3v) is 5.77. The Balaban J connectivity index is 2.38. The Morgan fingerprint density at radius 2 is 2.00 bits per heavy atom. The highest BCUT2D eigenvalue weighted by molar-refractivity contribution is 5.80. The molecule has 1 fully saturated rings. The smallest absolute Gasteiger partial charge is 0.328 e. The molecular weight excluding hydrogens is 300 g/mol. The lowest BCUT2D eigenvalue weighted by atomic mass is 9.57. The molecule has 24 heavy (non-hydrogen) atoms. The molecular formula is C21H30O3. The van der Waals surface area contributed by atoms with Gasteiger partial charge < -0.3 is 10.2 Å². The van der Waals surface area contributed by atoms with Crippen LogP contribution in [-0.4, -0.2) is 22.3 Å². The monoisotopic (exact) mass is 330 g/mol. The van der Waals surface area contributed by atoms with E-state index >= 15 is 0 Å². The molecule has 0 aromatic heterocycles. The first-order chi connectivity index (χ1) is 11.3. The van der Waals surface area contributed by atoms with Crippen LogP contribution in [0.5, 0.6) is 0 Å². The minimum Gasteiger partial charge on any atom is -0.478 e. The van der Waals surface area contributed by atoms with Crippen LogP contribution in [0.1, 0.15) is 40.5 Å². The minimum absolute atomic E-state index is 0.207. The number of allylic oxidation sites excluding steroid dienone is 7. The average molecular weight is 330 g/mol. The van der Waals surface area contributed by atoms with Crippen LogP contribution in [0.3, 0.4) is 0 Å². The van der Waals surface area contributed by atoms with Crippen LogP contribution in [0.2, 0.25) is 0 Å². The zero-order valence-corrected chi connectivity index (χ0v) is 15.1. The lowest BCUT2D eigenvalue weighted by Crippen LogP contribution is -2.42. The minimum atomic E-state index is -0.924. The maximum absolute atomic E-state index is 10.7. The standard InChI is InChI=1S/C21H30O3/c1-5-13(2)20-14(3)10-16-12-17(22)11-15(4)21(16)18(20)8-6-7-9-19(23)24/h5-10,15-18,20-22H,11-12H2,1-4H3,(H,23,24)/b8-6+,9-7+,13-5?/t15-,16+,17+,18+,20+,21+/m0/s1. The Bertz CT molecular complexity index is 582. The van der Waals surface area contributed by atoms with E-state index in [1.165, 1.54) is 17.2 Å². The predicted molar refractivity (Wildman–Crippen MR) is 97.5 cm³/mol. The summed E-state index contributed by atoms with van der Waals surface area (Å²) < 4.78 is 0. The molecule has 0 spiro atoms. The summed E-state index contributed by atoms with van der Waals surface area (Å²) in [6, 6.07) is 0. The number of aliphatic hydroxyl groups is 1. The Morgan fingerprint density at radius 3 is 2.62 bits per heavy atom. The molecule has 0 aromatic carbocycles.